The van der Waals surface area contributed by atoms with Gasteiger partial charge in [-0.3, -0.25) is 4.90 Å². The Labute approximate surface area is 91.1 Å². The Bertz CT molecular complexity index is 352. The van der Waals surface area contributed by atoms with E-state index < -0.39 is 0 Å². The summed E-state index contributed by atoms with van der Waals surface area (Å²) in [4.78, 5) is 2.11. The zero-order valence-corrected chi connectivity index (χ0v) is 9.27. The molecule has 0 fully saturated rings. The summed E-state index contributed by atoms with van der Waals surface area (Å²) in [7, 11) is 0. The predicted molar refractivity (Wildman–Crippen MR) is 62.0 cm³/mol. The summed E-state index contributed by atoms with van der Waals surface area (Å²) >= 11 is 0. The third-order valence-corrected chi connectivity index (χ3v) is 2.34. The van der Waals surface area contributed by atoms with Gasteiger partial charge in [0.2, 0.25) is 0 Å². The van der Waals surface area contributed by atoms with Crippen LogP contribution in [0.5, 0.6) is 0 Å². The van der Waals surface area contributed by atoms with Crippen molar-refractivity contribution in [3.8, 4) is 6.07 Å². The maximum atomic E-state index is 8.70. The second-order valence-corrected chi connectivity index (χ2v) is 3.90. The van der Waals surface area contributed by atoms with Crippen LogP contribution in [0.2, 0.25) is 0 Å². The van der Waals surface area contributed by atoms with Crippen molar-refractivity contribution in [2.75, 3.05) is 12.3 Å². The highest BCUT2D eigenvalue weighted by atomic mass is 15.1. The summed E-state index contributed by atoms with van der Waals surface area (Å²) in [5.41, 5.74) is 7.62. The van der Waals surface area contributed by atoms with Crippen LogP contribution in [0.4, 0.5) is 5.69 Å². The number of rotatable bonds is 4. The Morgan fingerprint density at radius 2 is 2.20 bits per heavy atom. The second-order valence-electron chi connectivity index (χ2n) is 3.90. The molecule has 0 saturated heterocycles. The Balaban J connectivity index is 2.70. The standard InChI is InChI=1S/C12H17N3/c1-10(2)15(7-6-13)9-11-4-3-5-12(14)8-11/h3-5,8,10H,7,9,14H2,1-2H3. The largest absolute Gasteiger partial charge is 0.399 e. The molecule has 1 rings (SSSR count). The van der Waals surface area contributed by atoms with Crippen molar-refractivity contribution in [3.05, 3.63) is 29.8 Å². The molecule has 0 bridgehead atoms. The van der Waals surface area contributed by atoms with Crippen molar-refractivity contribution in [2.45, 2.75) is 26.4 Å². The normalized spacial score (nSPS) is 10.6. The molecule has 0 atom stereocenters. The molecule has 0 aromatic heterocycles. The third kappa shape index (κ3) is 3.61. The van der Waals surface area contributed by atoms with Gasteiger partial charge < -0.3 is 5.73 Å². The summed E-state index contributed by atoms with van der Waals surface area (Å²) in [5.74, 6) is 0. The topological polar surface area (TPSA) is 53.0 Å². The molecule has 0 radical (unpaired) electrons. The van der Waals surface area contributed by atoms with Gasteiger partial charge in [-0.15, -0.1) is 0 Å². The van der Waals surface area contributed by atoms with Gasteiger partial charge in [-0.05, 0) is 31.5 Å². The van der Waals surface area contributed by atoms with E-state index in [0.29, 0.717) is 12.6 Å². The smallest absolute Gasteiger partial charge is 0.0871 e. The number of benzene rings is 1. The monoisotopic (exact) mass is 203 g/mol. The highest BCUT2D eigenvalue weighted by Crippen LogP contribution is 2.11. The molecule has 3 heteroatoms. The van der Waals surface area contributed by atoms with Gasteiger partial charge in [0, 0.05) is 18.3 Å². The highest BCUT2D eigenvalue weighted by Gasteiger charge is 2.09. The number of nitrogens with zero attached hydrogens (tertiary/aromatic N) is 2. The van der Waals surface area contributed by atoms with Crippen molar-refractivity contribution in [1.29, 1.82) is 5.26 Å². The summed E-state index contributed by atoms with van der Waals surface area (Å²) in [6.45, 7) is 5.40. The summed E-state index contributed by atoms with van der Waals surface area (Å²) < 4.78 is 0. The molecular formula is C12H17N3. The lowest BCUT2D eigenvalue weighted by Gasteiger charge is -2.23. The van der Waals surface area contributed by atoms with Gasteiger partial charge >= 0.3 is 0 Å². The van der Waals surface area contributed by atoms with Crippen LogP contribution in [0.15, 0.2) is 24.3 Å². The van der Waals surface area contributed by atoms with Crippen molar-refractivity contribution < 1.29 is 0 Å². The maximum Gasteiger partial charge on any atom is 0.0871 e. The van der Waals surface area contributed by atoms with E-state index in [0.717, 1.165) is 17.8 Å². The van der Waals surface area contributed by atoms with Gasteiger partial charge in [0.05, 0.1) is 12.6 Å². The molecule has 0 aliphatic heterocycles. The van der Waals surface area contributed by atoms with Gasteiger partial charge in [0.1, 0.15) is 0 Å². The van der Waals surface area contributed by atoms with Gasteiger partial charge in [0.15, 0.2) is 0 Å². The first kappa shape index (κ1) is 11.5. The molecule has 80 valence electrons. The first-order valence-electron chi connectivity index (χ1n) is 5.09. The summed E-state index contributed by atoms with van der Waals surface area (Å²) in [5, 5.41) is 8.70. The number of nitriles is 1. The number of nitrogens with two attached hydrogens (primary N) is 1. The summed E-state index contributed by atoms with van der Waals surface area (Å²) in [6.07, 6.45) is 0. The third-order valence-electron chi connectivity index (χ3n) is 2.34. The molecule has 15 heavy (non-hydrogen) atoms. The van der Waals surface area contributed by atoms with Crippen LogP contribution in [0.3, 0.4) is 0 Å². The highest BCUT2D eigenvalue weighted by molar-refractivity contribution is 5.40. The fourth-order valence-electron chi connectivity index (χ4n) is 1.44. The van der Waals surface area contributed by atoms with Crippen molar-refractivity contribution >= 4 is 5.69 Å². The molecule has 1 aromatic rings. The average molecular weight is 203 g/mol. The Morgan fingerprint density at radius 1 is 1.47 bits per heavy atom. The molecule has 0 amide bonds. The molecule has 0 unspecified atom stereocenters. The van der Waals surface area contributed by atoms with E-state index in [4.69, 9.17) is 11.0 Å². The predicted octanol–water partition coefficient (Wildman–Crippen LogP) is 2.00. The number of anilines is 1. The molecular weight excluding hydrogens is 186 g/mol. The van der Waals surface area contributed by atoms with Gasteiger partial charge in [-0.1, -0.05) is 12.1 Å². The van der Waals surface area contributed by atoms with Gasteiger partial charge in [-0.2, -0.15) is 5.26 Å². The van der Waals surface area contributed by atoms with Crippen LogP contribution < -0.4 is 5.73 Å². The SMILES string of the molecule is CC(C)N(CC#N)Cc1cccc(N)c1. The van der Waals surface area contributed by atoms with Crippen molar-refractivity contribution in [2.24, 2.45) is 0 Å². The quantitative estimate of drug-likeness (QED) is 0.601. The molecule has 0 aliphatic rings. The second kappa shape index (κ2) is 5.38. The lowest BCUT2D eigenvalue weighted by Crippen LogP contribution is -2.30. The van der Waals surface area contributed by atoms with Gasteiger partial charge in [-0.25, -0.2) is 0 Å². The molecule has 3 nitrogen and oxygen atoms in total. The average Bonchev–Trinajstić information content (AvgIpc) is 2.17. The van der Waals surface area contributed by atoms with Crippen molar-refractivity contribution in [3.63, 3.8) is 0 Å². The fraction of sp³-hybridized carbons (Fsp3) is 0.417. The first-order chi connectivity index (χ1) is 7.13. The molecule has 1 aromatic carbocycles. The van der Waals surface area contributed by atoms with E-state index in [2.05, 4.69) is 24.8 Å². The van der Waals surface area contributed by atoms with E-state index in [-0.39, 0.29) is 0 Å². The maximum absolute atomic E-state index is 8.70. The molecule has 0 saturated carbocycles. The minimum Gasteiger partial charge on any atom is -0.399 e. The molecule has 2 N–H and O–H groups in total. The van der Waals surface area contributed by atoms with Crippen LogP contribution in [-0.2, 0) is 6.54 Å². The molecule has 0 spiro atoms. The number of hydrogen-bond donors (Lipinski definition) is 1. The van der Waals surface area contributed by atoms with E-state index in [1.165, 1.54) is 0 Å². The minimum atomic E-state index is 0.367. The van der Waals surface area contributed by atoms with E-state index in [1.807, 2.05) is 24.3 Å². The van der Waals surface area contributed by atoms with E-state index in [9.17, 15) is 0 Å². The Morgan fingerprint density at radius 3 is 2.73 bits per heavy atom. The molecule has 0 heterocycles. The van der Waals surface area contributed by atoms with E-state index >= 15 is 0 Å². The van der Waals surface area contributed by atoms with Crippen LogP contribution in [0.1, 0.15) is 19.4 Å². The Hall–Kier alpha value is -1.53. The molecule has 0 aliphatic carbocycles. The van der Waals surface area contributed by atoms with Crippen molar-refractivity contribution in [1.82, 2.24) is 4.90 Å². The van der Waals surface area contributed by atoms with Crippen LogP contribution in [0.25, 0.3) is 0 Å². The van der Waals surface area contributed by atoms with E-state index in [1.54, 1.807) is 0 Å². The van der Waals surface area contributed by atoms with Crippen LogP contribution in [-0.4, -0.2) is 17.5 Å². The summed E-state index contributed by atoms with van der Waals surface area (Å²) in [6, 6.07) is 10.3. The number of hydrogen-bond acceptors (Lipinski definition) is 3. The van der Waals surface area contributed by atoms with Crippen LogP contribution in [0, 0.1) is 11.3 Å². The zero-order valence-electron chi connectivity index (χ0n) is 9.27. The number of nitrogen functional groups attached to an aromatic ring is 1. The fourth-order valence-corrected chi connectivity index (χ4v) is 1.44. The Kier molecular flexibility index (Phi) is 4.14. The van der Waals surface area contributed by atoms with Crippen LogP contribution >= 0.6 is 0 Å². The lowest BCUT2D eigenvalue weighted by atomic mass is 10.1. The lowest BCUT2D eigenvalue weighted by molar-refractivity contribution is 0.240. The zero-order chi connectivity index (χ0) is 11.3. The first-order valence-corrected chi connectivity index (χ1v) is 5.09. The van der Waals surface area contributed by atoms with Gasteiger partial charge in [0.25, 0.3) is 0 Å². The minimum absolute atomic E-state index is 0.367.